The van der Waals surface area contributed by atoms with E-state index in [1.807, 2.05) is 54.7 Å². The van der Waals surface area contributed by atoms with Crippen molar-refractivity contribution in [3.05, 3.63) is 80.1 Å². The first-order valence-electron chi connectivity index (χ1n) is 9.29. The Morgan fingerprint density at radius 3 is 2.71 bits per heavy atom. The van der Waals surface area contributed by atoms with E-state index in [0.717, 1.165) is 45.6 Å². The van der Waals surface area contributed by atoms with Crippen LogP contribution < -0.4 is 4.74 Å². The topological polar surface area (TPSA) is 38.7 Å². The summed E-state index contributed by atoms with van der Waals surface area (Å²) in [6, 6.07) is 15.3. The Labute approximate surface area is 177 Å². The Balaban J connectivity index is 1.77. The van der Waals surface area contributed by atoms with Crippen molar-refractivity contribution in [1.82, 2.24) is 0 Å². The number of rotatable bonds is 5. The second-order valence-corrected chi connectivity index (χ2v) is 8.67. The molecule has 0 radical (unpaired) electrons. The largest absolute Gasteiger partial charge is 0.497 e. The smallest absolute Gasteiger partial charge is 0.196 e. The maximum Gasteiger partial charge on any atom is 0.196 e. The van der Waals surface area contributed by atoms with Crippen LogP contribution >= 0.6 is 27.3 Å². The van der Waals surface area contributed by atoms with Gasteiger partial charge in [0.2, 0.25) is 0 Å². The van der Waals surface area contributed by atoms with E-state index in [2.05, 4.69) is 15.9 Å². The maximum atomic E-state index is 13.3. The molecule has 1 heterocycles. The van der Waals surface area contributed by atoms with Crippen molar-refractivity contribution in [2.45, 2.75) is 25.7 Å². The average Bonchev–Trinajstić information content (AvgIpc) is 3.11. The van der Waals surface area contributed by atoms with Crippen molar-refractivity contribution in [3.8, 4) is 5.75 Å². The zero-order chi connectivity index (χ0) is 19.5. The molecule has 28 heavy (non-hydrogen) atoms. The van der Waals surface area contributed by atoms with Gasteiger partial charge in [0.15, 0.2) is 5.78 Å². The summed E-state index contributed by atoms with van der Waals surface area (Å²) in [6.07, 6.45) is 6.11. The Morgan fingerprint density at radius 2 is 1.93 bits per heavy atom. The van der Waals surface area contributed by atoms with Crippen molar-refractivity contribution in [2.75, 3.05) is 7.11 Å². The van der Waals surface area contributed by atoms with Gasteiger partial charge >= 0.3 is 0 Å². The van der Waals surface area contributed by atoms with Crippen molar-refractivity contribution < 1.29 is 9.53 Å². The molecule has 0 saturated heterocycles. The molecule has 3 aromatic rings. The van der Waals surface area contributed by atoms with Gasteiger partial charge in [0.25, 0.3) is 0 Å². The molecule has 1 aromatic heterocycles. The molecule has 0 amide bonds. The average molecular weight is 454 g/mol. The minimum absolute atomic E-state index is 0.0665. The number of aliphatic imine (C=N–C) groups is 1. The number of thiophene rings is 1. The van der Waals surface area contributed by atoms with E-state index in [-0.39, 0.29) is 5.78 Å². The summed E-state index contributed by atoms with van der Waals surface area (Å²) in [6.45, 7) is 0. The SMILES string of the molecule is COc1ccc(Br)c(/C=N/c2sc3c(c2C(=O)c2ccccc2)CCCC3)c1. The van der Waals surface area contributed by atoms with Crippen LogP contribution in [-0.4, -0.2) is 19.1 Å². The first-order valence-corrected chi connectivity index (χ1v) is 10.9. The quantitative estimate of drug-likeness (QED) is 0.332. The summed E-state index contributed by atoms with van der Waals surface area (Å²) in [5, 5.41) is 0.801. The number of aryl methyl sites for hydroxylation is 1. The van der Waals surface area contributed by atoms with Crippen LogP contribution in [0.5, 0.6) is 5.75 Å². The van der Waals surface area contributed by atoms with Gasteiger partial charge in [0, 0.05) is 26.7 Å². The summed E-state index contributed by atoms with van der Waals surface area (Å²) in [7, 11) is 1.65. The highest BCUT2D eigenvalue weighted by Gasteiger charge is 2.25. The Morgan fingerprint density at radius 1 is 1.14 bits per heavy atom. The first kappa shape index (κ1) is 19.1. The lowest BCUT2D eigenvalue weighted by atomic mass is 9.92. The number of nitrogens with zero attached hydrogens (tertiary/aromatic N) is 1. The molecule has 4 rings (SSSR count). The van der Waals surface area contributed by atoms with Crippen LogP contribution in [-0.2, 0) is 12.8 Å². The molecule has 1 aliphatic carbocycles. The molecule has 0 bridgehead atoms. The molecule has 1 aliphatic rings. The van der Waals surface area contributed by atoms with Gasteiger partial charge in [0.1, 0.15) is 10.8 Å². The van der Waals surface area contributed by atoms with E-state index < -0.39 is 0 Å². The van der Waals surface area contributed by atoms with Gasteiger partial charge in [-0.15, -0.1) is 11.3 Å². The molecular formula is C23H20BrNO2S. The van der Waals surface area contributed by atoms with E-state index in [1.165, 1.54) is 16.9 Å². The normalized spacial score (nSPS) is 13.5. The molecule has 0 aliphatic heterocycles. The fourth-order valence-corrected chi connectivity index (χ4v) is 5.07. The molecule has 0 atom stereocenters. The van der Waals surface area contributed by atoms with E-state index in [1.54, 1.807) is 18.4 Å². The van der Waals surface area contributed by atoms with Gasteiger partial charge in [-0.2, -0.15) is 0 Å². The predicted molar refractivity (Wildman–Crippen MR) is 119 cm³/mol. The van der Waals surface area contributed by atoms with E-state index in [0.29, 0.717) is 5.56 Å². The summed E-state index contributed by atoms with van der Waals surface area (Å²) in [5.41, 5.74) is 3.61. The molecule has 0 N–H and O–H groups in total. The van der Waals surface area contributed by atoms with Crippen molar-refractivity contribution in [2.24, 2.45) is 4.99 Å². The predicted octanol–water partition coefficient (Wildman–Crippen LogP) is 6.38. The van der Waals surface area contributed by atoms with Crippen LogP contribution in [0, 0.1) is 0 Å². The van der Waals surface area contributed by atoms with Gasteiger partial charge in [-0.25, -0.2) is 4.99 Å². The number of ether oxygens (including phenoxy) is 1. The summed E-state index contributed by atoms with van der Waals surface area (Å²) in [5.74, 6) is 0.840. The zero-order valence-corrected chi connectivity index (χ0v) is 18.0. The van der Waals surface area contributed by atoms with Gasteiger partial charge in [-0.1, -0.05) is 46.3 Å². The summed E-state index contributed by atoms with van der Waals surface area (Å²) < 4.78 is 6.25. The fraction of sp³-hybridized carbons (Fsp3) is 0.217. The number of hydrogen-bond acceptors (Lipinski definition) is 4. The standard InChI is InChI=1S/C23H20BrNO2S/c1-27-17-11-12-19(24)16(13-17)14-25-23-21(18-9-5-6-10-20(18)28-23)22(26)15-7-3-2-4-8-15/h2-4,7-8,11-14H,5-6,9-10H2,1H3/b25-14+. The third-order valence-electron chi connectivity index (χ3n) is 4.94. The Bertz CT molecular complexity index is 1040. The number of carbonyl (C=O) groups excluding carboxylic acids is 1. The molecule has 0 saturated carbocycles. The molecule has 5 heteroatoms. The molecule has 3 nitrogen and oxygen atoms in total. The van der Waals surface area contributed by atoms with Crippen LogP contribution in [0.1, 0.15) is 44.8 Å². The highest BCUT2D eigenvalue weighted by Crippen LogP contribution is 2.41. The van der Waals surface area contributed by atoms with E-state index in [9.17, 15) is 4.79 Å². The summed E-state index contributed by atoms with van der Waals surface area (Å²) in [4.78, 5) is 19.3. The minimum Gasteiger partial charge on any atom is -0.497 e. The number of benzene rings is 2. The molecule has 0 spiro atoms. The fourth-order valence-electron chi connectivity index (χ4n) is 3.49. The highest BCUT2D eigenvalue weighted by atomic mass is 79.9. The molecule has 2 aromatic carbocycles. The maximum absolute atomic E-state index is 13.3. The van der Waals surface area contributed by atoms with E-state index in [4.69, 9.17) is 9.73 Å². The van der Waals surface area contributed by atoms with Crippen molar-refractivity contribution in [1.29, 1.82) is 0 Å². The Kier molecular flexibility index (Phi) is 5.74. The number of methoxy groups -OCH3 is 1. The molecule has 142 valence electrons. The van der Waals surface area contributed by atoms with Gasteiger partial charge in [-0.3, -0.25) is 4.79 Å². The lowest BCUT2D eigenvalue weighted by Crippen LogP contribution is -2.07. The van der Waals surface area contributed by atoms with Crippen LogP contribution in [0.3, 0.4) is 0 Å². The third kappa shape index (κ3) is 3.82. The van der Waals surface area contributed by atoms with E-state index >= 15 is 0 Å². The third-order valence-corrected chi connectivity index (χ3v) is 6.86. The second-order valence-electron chi connectivity index (χ2n) is 6.73. The highest BCUT2D eigenvalue weighted by molar-refractivity contribution is 9.10. The van der Waals surface area contributed by atoms with Crippen molar-refractivity contribution in [3.63, 3.8) is 0 Å². The molecular weight excluding hydrogens is 434 g/mol. The number of hydrogen-bond donors (Lipinski definition) is 0. The number of carbonyl (C=O) groups is 1. The lowest BCUT2D eigenvalue weighted by Gasteiger charge is -2.12. The van der Waals surface area contributed by atoms with Crippen LogP contribution in [0.25, 0.3) is 0 Å². The van der Waals surface area contributed by atoms with Crippen molar-refractivity contribution >= 4 is 44.3 Å². The number of halogens is 1. The Hall–Kier alpha value is -2.24. The van der Waals surface area contributed by atoms with Gasteiger partial charge in [-0.05, 0) is 49.4 Å². The van der Waals surface area contributed by atoms with Gasteiger partial charge in [0.05, 0.1) is 12.7 Å². The van der Waals surface area contributed by atoms with Crippen LogP contribution in [0.4, 0.5) is 5.00 Å². The number of fused-ring (bicyclic) bond motifs is 1. The number of ketones is 1. The van der Waals surface area contributed by atoms with Crippen LogP contribution in [0.2, 0.25) is 0 Å². The molecule has 0 fully saturated rings. The lowest BCUT2D eigenvalue weighted by molar-refractivity contribution is 0.103. The van der Waals surface area contributed by atoms with Crippen LogP contribution in [0.15, 0.2) is 58.0 Å². The minimum atomic E-state index is 0.0665. The first-order chi connectivity index (χ1) is 13.7. The zero-order valence-electron chi connectivity index (χ0n) is 15.6. The van der Waals surface area contributed by atoms with Gasteiger partial charge < -0.3 is 4.74 Å². The summed E-state index contributed by atoms with van der Waals surface area (Å²) >= 11 is 5.22. The monoisotopic (exact) mass is 453 g/mol. The molecule has 0 unspecified atom stereocenters. The second kappa shape index (κ2) is 8.41.